The van der Waals surface area contributed by atoms with Gasteiger partial charge in [-0.25, -0.2) is 0 Å². The molecule has 1 aromatic heterocycles. The fourth-order valence-electron chi connectivity index (χ4n) is 2.93. The predicted octanol–water partition coefficient (Wildman–Crippen LogP) is 1.79. The van der Waals surface area contributed by atoms with Crippen molar-refractivity contribution in [2.75, 3.05) is 40.5 Å². The van der Waals surface area contributed by atoms with Gasteiger partial charge in [-0.15, -0.1) is 0 Å². The average molecular weight is 359 g/mol. The minimum Gasteiger partial charge on any atom is -0.376 e. The van der Waals surface area contributed by atoms with Crippen LogP contribution in [0, 0.1) is 0 Å². The van der Waals surface area contributed by atoms with Crippen molar-refractivity contribution in [1.82, 2.24) is 15.0 Å². The van der Waals surface area contributed by atoms with Crippen molar-refractivity contribution in [3.05, 3.63) is 53.4 Å². The molecule has 0 bridgehead atoms. The lowest BCUT2D eigenvalue weighted by Crippen LogP contribution is -2.40. The van der Waals surface area contributed by atoms with Gasteiger partial charge in [0.1, 0.15) is 0 Å². The maximum absolute atomic E-state index is 12.5. The summed E-state index contributed by atoms with van der Waals surface area (Å²) in [7, 11) is 3.74. The van der Waals surface area contributed by atoms with E-state index in [1.165, 1.54) is 5.56 Å². The number of aromatic nitrogens is 1. The van der Waals surface area contributed by atoms with E-state index in [0.29, 0.717) is 44.4 Å². The first kappa shape index (κ1) is 18.6. The Balaban J connectivity index is 1.52. The lowest BCUT2D eigenvalue weighted by Gasteiger charge is -2.27. The summed E-state index contributed by atoms with van der Waals surface area (Å²) in [6.07, 6.45) is -0.0962. The Bertz CT molecular complexity index is 698. The van der Waals surface area contributed by atoms with Gasteiger partial charge in [0, 0.05) is 26.2 Å². The molecule has 1 saturated heterocycles. The summed E-state index contributed by atoms with van der Waals surface area (Å²) in [5, 5.41) is 3.93. The molecule has 0 aliphatic carbocycles. The first-order valence-corrected chi connectivity index (χ1v) is 8.74. The lowest BCUT2D eigenvalue weighted by atomic mass is 10.2. The second kappa shape index (κ2) is 8.93. The number of amides is 1. The van der Waals surface area contributed by atoms with Gasteiger partial charge in [0.2, 0.25) is 0 Å². The molecular formula is C19H25N3O4. The third-order valence-electron chi connectivity index (χ3n) is 4.21. The van der Waals surface area contributed by atoms with Crippen LogP contribution in [-0.2, 0) is 22.6 Å². The zero-order valence-electron chi connectivity index (χ0n) is 15.3. The van der Waals surface area contributed by atoms with Gasteiger partial charge in [0.15, 0.2) is 11.5 Å². The summed E-state index contributed by atoms with van der Waals surface area (Å²) in [6, 6.07) is 11.9. The Labute approximate surface area is 153 Å². The van der Waals surface area contributed by atoms with Crippen LogP contribution in [0.1, 0.15) is 21.8 Å². The Hall–Kier alpha value is -2.22. The Kier molecular flexibility index (Phi) is 6.38. The normalized spacial score (nSPS) is 17.4. The van der Waals surface area contributed by atoms with E-state index in [2.05, 4.69) is 22.2 Å². The number of hydrogen-bond donors (Lipinski definition) is 0. The Morgan fingerprint density at radius 2 is 2.00 bits per heavy atom. The molecule has 0 spiro atoms. The first-order valence-electron chi connectivity index (χ1n) is 8.74. The highest BCUT2D eigenvalue weighted by molar-refractivity contribution is 5.92. The predicted molar refractivity (Wildman–Crippen MR) is 95.6 cm³/mol. The largest absolute Gasteiger partial charge is 0.376 e. The van der Waals surface area contributed by atoms with Gasteiger partial charge in [-0.05, 0) is 12.6 Å². The maximum Gasteiger partial charge on any atom is 0.275 e. The van der Waals surface area contributed by atoms with Crippen LogP contribution in [-0.4, -0.2) is 67.4 Å². The Morgan fingerprint density at radius 1 is 1.19 bits per heavy atom. The van der Waals surface area contributed by atoms with E-state index in [1.807, 2.05) is 25.2 Å². The van der Waals surface area contributed by atoms with E-state index in [9.17, 15) is 4.79 Å². The number of carbonyl (C=O) groups excluding carboxylic acids is 1. The average Bonchev–Trinajstić information content (AvgIpc) is 3.11. The van der Waals surface area contributed by atoms with Gasteiger partial charge in [0.05, 0.1) is 32.5 Å². The zero-order chi connectivity index (χ0) is 18.4. The van der Waals surface area contributed by atoms with Crippen molar-refractivity contribution in [3.63, 3.8) is 0 Å². The van der Waals surface area contributed by atoms with Crippen LogP contribution in [0.4, 0.5) is 0 Å². The van der Waals surface area contributed by atoms with Crippen molar-refractivity contribution < 1.29 is 18.8 Å². The van der Waals surface area contributed by atoms with E-state index in [0.717, 1.165) is 6.54 Å². The van der Waals surface area contributed by atoms with Gasteiger partial charge in [-0.2, -0.15) is 0 Å². The Morgan fingerprint density at radius 3 is 2.73 bits per heavy atom. The topological polar surface area (TPSA) is 68.0 Å². The molecule has 0 radical (unpaired) electrons. The highest BCUT2D eigenvalue weighted by atomic mass is 16.6. The van der Waals surface area contributed by atoms with Crippen LogP contribution in [0.3, 0.4) is 0 Å². The summed E-state index contributed by atoms with van der Waals surface area (Å²) in [5.74, 6) is 0.484. The molecule has 1 fully saturated rings. The molecule has 140 valence electrons. The summed E-state index contributed by atoms with van der Waals surface area (Å²) < 4.78 is 16.3. The lowest BCUT2D eigenvalue weighted by molar-refractivity contribution is -0.0934. The quantitative estimate of drug-likeness (QED) is 0.751. The molecule has 3 rings (SSSR count). The van der Waals surface area contributed by atoms with Gasteiger partial charge >= 0.3 is 0 Å². The molecule has 1 aliphatic rings. The van der Waals surface area contributed by atoms with E-state index < -0.39 is 0 Å². The minimum absolute atomic E-state index is 0.0962. The zero-order valence-corrected chi connectivity index (χ0v) is 15.3. The van der Waals surface area contributed by atoms with Crippen LogP contribution < -0.4 is 0 Å². The second-order valence-corrected chi connectivity index (χ2v) is 6.59. The van der Waals surface area contributed by atoms with E-state index in [1.54, 1.807) is 18.0 Å². The fraction of sp³-hybridized carbons (Fsp3) is 0.474. The summed E-state index contributed by atoms with van der Waals surface area (Å²) >= 11 is 0. The number of carbonyl (C=O) groups is 1. The molecule has 26 heavy (non-hydrogen) atoms. The number of ether oxygens (including phenoxy) is 2. The van der Waals surface area contributed by atoms with Crippen LogP contribution in [0.2, 0.25) is 0 Å². The van der Waals surface area contributed by atoms with Crippen molar-refractivity contribution in [1.29, 1.82) is 0 Å². The number of nitrogens with zero attached hydrogens (tertiary/aromatic N) is 3. The van der Waals surface area contributed by atoms with Crippen LogP contribution in [0.15, 0.2) is 40.9 Å². The highest BCUT2D eigenvalue weighted by Crippen LogP contribution is 2.12. The van der Waals surface area contributed by atoms with Gasteiger partial charge in [-0.1, -0.05) is 35.5 Å². The number of rotatable bonds is 7. The monoisotopic (exact) mass is 359 g/mol. The standard InChI is InChI=1S/C19H25N3O4/c1-21(11-15-6-4-3-5-7-15)12-16-10-18(20-26-16)19(23)22(2)13-17-14-24-8-9-25-17/h3-7,10,17H,8-9,11-14H2,1-2H3/t17-/m0/s1. The molecule has 7 nitrogen and oxygen atoms in total. The van der Waals surface area contributed by atoms with Crippen molar-refractivity contribution >= 4 is 5.91 Å². The molecule has 1 aliphatic heterocycles. The van der Waals surface area contributed by atoms with Crippen LogP contribution in [0.25, 0.3) is 0 Å². The number of likely N-dealkylation sites (N-methyl/N-ethyl adjacent to an activating group) is 1. The fourth-order valence-corrected chi connectivity index (χ4v) is 2.93. The van der Waals surface area contributed by atoms with Gasteiger partial charge in [0.25, 0.3) is 5.91 Å². The molecule has 1 atom stereocenters. The van der Waals surface area contributed by atoms with E-state index in [-0.39, 0.29) is 12.0 Å². The number of hydrogen-bond acceptors (Lipinski definition) is 6. The van der Waals surface area contributed by atoms with Crippen LogP contribution >= 0.6 is 0 Å². The molecule has 2 heterocycles. The van der Waals surface area contributed by atoms with Crippen molar-refractivity contribution in [2.24, 2.45) is 0 Å². The second-order valence-electron chi connectivity index (χ2n) is 6.59. The third-order valence-corrected chi connectivity index (χ3v) is 4.21. The maximum atomic E-state index is 12.5. The van der Waals surface area contributed by atoms with Crippen molar-refractivity contribution in [2.45, 2.75) is 19.2 Å². The summed E-state index contributed by atoms with van der Waals surface area (Å²) in [4.78, 5) is 16.2. The molecule has 1 amide bonds. The molecule has 1 aromatic carbocycles. The van der Waals surface area contributed by atoms with Crippen LogP contribution in [0.5, 0.6) is 0 Å². The number of benzene rings is 1. The van der Waals surface area contributed by atoms with Gasteiger partial charge < -0.3 is 18.9 Å². The van der Waals surface area contributed by atoms with Gasteiger partial charge in [-0.3, -0.25) is 9.69 Å². The van der Waals surface area contributed by atoms with Crippen molar-refractivity contribution in [3.8, 4) is 0 Å². The summed E-state index contributed by atoms with van der Waals surface area (Å²) in [5.41, 5.74) is 1.53. The highest BCUT2D eigenvalue weighted by Gasteiger charge is 2.22. The molecular weight excluding hydrogens is 334 g/mol. The molecule has 7 heteroatoms. The smallest absolute Gasteiger partial charge is 0.275 e. The SMILES string of the molecule is CN(Cc1ccccc1)Cc1cc(C(=O)N(C)C[C@H]2COCCO2)no1. The summed E-state index contributed by atoms with van der Waals surface area (Å²) in [6.45, 7) is 3.52. The van der Waals surface area contributed by atoms with E-state index >= 15 is 0 Å². The molecule has 2 aromatic rings. The molecule has 0 N–H and O–H groups in total. The minimum atomic E-state index is -0.181. The molecule has 0 unspecified atom stereocenters. The first-order chi connectivity index (χ1) is 12.6. The molecule has 0 saturated carbocycles. The third kappa shape index (κ3) is 5.14. The van der Waals surface area contributed by atoms with E-state index in [4.69, 9.17) is 14.0 Å².